The van der Waals surface area contributed by atoms with Gasteiger partial charge in [0.05, 0.1) is 12.1 Å². The van der Waals surface area contributed by atoms with Gasteiger partial charge in [-0.2, -0.15) is 0 Å². The number of hydrogen-bond donors (Lipinski definition) is 1. The third-order valence-corrected chi connectivity index (χ3v) is 1.79. The fraction of sp³-hybridized carbons (Fsp3) is 0.333. The molecule has 1 heterocycles. The maximum Gasteiger partial charge on any atom is 0.133 e. The summed E-state index contributed by atoms with van der Waals surface area (Å²) in [4.78, 5) is 14.9. The highest BCUT2D eigenvalue weighted by Crippen LogP contribution is 2.03. The SMILES string of the molecule is O=CCNCc1cncs1. The first-order valence-electron chi connectivity index (χ1n) is 2.95. The van der Waals surface area contributed by atoms with Crippen LogP contribution in [-0.2, 0) is 11.3 Å². The zero-order valence-electron chi connectivity index (χ0n) is 5.41. The maximum absolute atomic E-state index is 9.86. The predicted molar refractivity (Wildman–Crippen MR) is 39.9 cm³/mol. The number of carbonyl (C=O) groups is 1. The Balaban J connectivity index is 2.21. The Bertz CT molecular complexity index is 186. The minimum Gasteiger partial charge on any atom is -0.305 e. The quantitative estimate of drug-likeness (QED) is 0.508. The number of rotatable bonds is 4. The van der Waals surface area contributed by atoms with Gasteiger partial charge in [-0.05, 0) is 0 Å². The number of aromatic nitrogens is 1. The van der Waals surface area contributed by atoms with Gasteiger partial charge in [0.15, 0.2) is 0 Å². The second-order valence-electron chi connectivity index (χ2n) is 1.77. The van der Waals surface area contributed by atoms with E-state index in [1.807, 2.05) is 0 Å². The Morgan fingerprint density at radius 1 is 1.80 bits per heavy atom. The molecule has 1 N–H and O–H groups in total. The van der Waals surface area contributed by atoms with E-state index in [-0.39, 0.29) is 0 Å². The number of nitrogens with one attached hydrogen (secondary N) is 1. The van der Waals surface area contributed by atoms with E-state index in [9.17, 15) is 4.79 Å². The third-order valence-electron chi connectivity index (χ3n) is 1.01. The Morgan fingerprint density at radius 2 is 2.70 bits per heavy atom. The van der Waals surface area contributed by atoms with Crippen molar-refractivity contribution < 1.29 is 4.79 Å². The number of aldehydes is 1. The lowest BCUT2D eigenvalue weighted by Gasteiger charge is -1.93. The first kappa shape index (κ1) is 7.37. The molecule has 0 aliphatic carbocycles. The third kappa shape index (κ3) is 2.24. The predicted octanol–water partition coefficient (Wildman–Crippen LogP) is 0.432. The van der Waals surface area contributed by atoms with E-state index >= 15 is 0 Å². The van der Waals surface area contributed by atoms with Crippen molar-refractivity contribution in [3.63, 3.8) is 0 Å². The van der Waals surface area contributed by atoms with Gasteiger partial charge in [-0.15, -0.1) is 11.3 Å². The van der Waals surface area contributed by atoms with Gasteiger partial charge in [-0.25, -0.2) is 0 Å². The summed E-state index contributed by atoms with van der Waals surface area (Å²) in [5.74, 6) is 0. The minimum absolute atomic E-state index is 0.415. The van der Waals surface area contributed by atoms with Crippen LogP contribution in [0.2, 0.25) is 0 Å². The van der Waals surface area contributed by atoms with E-state index in [1.165, 1.54) is 0 Å². The zero-order valence-corrected chi connectivity index (χ0v) is 6.23. The molecule has 0 unspecified atom stereocenters. The molecule has 10 heavy (non-hydrogen) atoms. The van der Waals surface area contributed by atoms with E-state index < -0.39 is 0 Å². The maximum atomic E-state index is 9.86. The van der Waals surface area contributed by atoms with Crippen LogP contribution in [0.25, 0.3) is 0 Å². The van der Waals surface area contributed by atoms with E-state index in [2.05, 4.69) is 10.3 Å². The molecular formula is C6H8N2OS. The van der Waals surface area contributed by atoms with Crippen LogP contribution >= 0.6 is 11.3 Å². The van der Waals surface area contributed by atoms with Crippen molar-refractivity contribution in [1.29, 1.82) is 0 Å². The zero-order chi connectivity index (χ0) is 7.23. The van der Waals surface area contributed by atoms with Gasteiger partial charge in [0.1, 0.15) is 6.29 Å². The van der Waals surface area contributed by atoms with E-state index in [0.29, 0.717) is 6.54 Å². The summed E-state index contributed by atoms with van der Waals surface area (Å²) in [6, 6.07) is 0. The molecule has 0 saturated heterocycles. The molecule has 0 aliphatic heterocycles. The summed E-state index contributed by atoms with van der Waals surface area (Å²) < 4.78 is 0. The highest BCUT2D eigenvalue weighted by Gasteiger charge is 1.90. The molecule has 0 bridgehead atoms. The van der Waals surface area contributed by atoms with Crippen LogP contribution in [-0.4, -0.2) is 17.8 Å². The molecule has 0 radical (unpaired) electrons. The normalized spacial score (nSPS) is 9.60. The first-order valence-corrected chi connectivity index (χ1v) is 3.83. The Hall–Kier alpha value is -0.740. The molecule has 0 amide bonds. The molecule has 54 valence electrons. The standard InChI is InChI=1S/C6H8N2OS/c9-2-1-7-3-6-4-8-5-10-6/h2,4-5,7H,1,3H2. The van der Waals surface area contributed by atoms with Crippen LogP contribution in [0.3, 0.4) is 0 Å². The van der Waals surface area contributed by atoms with Gasteiger partial charge in [0.25, 0.3) is 0 Å². The van der Waals surface area contributed by atoms with Crippen molar-refractivity contribution in [3.8, 4) is 0 Å². The molecule has 3 nitrogen and oxygen atoms in total. The minimum atomic E-state index is 0.415. The molecule has 1 rings (SSSR count). The van der Waals surface area contributed by atoms with Gasteiger partial charge in [-0.1, -0.05) is 0 Å². The summed E-state index contributed by atoms with van der Waals surface area (Å²) in [5.41, 5.74) is 1.78. The molecular weight excluding hydrogens is 148 g/mol. The molecule has 1 aromatic rings. The Morgan fingerprint density at radius 3 is 3.30 bits per heavy atom. The van der Waals surface area contributed by atoms with Crippen molar-refractivity contribution in [3.05, 3.63) is 16.6 Å². The number of hydrogen-bond acceptors (Lipinski definition) is 4. The van der Waals surface area contributed by atoms with Crippen molar-refractivity contribution in [2.75, 3.05) is 6.54 Å². The van der Waals surface area contributed by atoms with Gasteiger partial charge < -0.3 is 10.1 Å². The summed E-state index contributed by atoms with van der Waals surface area (Å²) in [6.45, 7) is 1.15. The van der Waals surface area contributed by atoms with Crippen LogP contribution in [0.15, 0.2) is 11.7 Å². The van der Waals surface area contributed by atoms with Crippen LogP contribution in [0.4, 0.5) is 0 Å². The molecule has 0 aromatic carbocycles. The summed E-state index contributed by atoms with van der Waals surface area (Å²) >= 11 is 1.58. The smallest absolute Gasteiger partial charge is 0.133 e. The molecule has 1 aromatic heterocycles. The van der Waals surface area contributed by atoms with Crippen LogP contribution in [0.1, 0.15) is 4.88 Å². The molecule has 0 fully saturated rings. The van der Waals surface area contributed by atoms with E-state index in [0.717, 1.165) is 17.7 Å². The van der Waals surface area contributed by atoms with Crippen LogP contribution in [0, 0.1) is 0 Å². The Kier molecular flexibility index (Phi) is 3.05. The topological polar surface area (TPSA) is 42.0 Å². The van der Waals surface area contributed by atoms with E-state index in [1.54, 1.807) is 23.0 Å². The van der Waals surface area contributed by atoms with Gasteiger partial charge in [0, 0.05) is 17.6 Å². The van der Waals surface area contributed by atoms with Crippen molar-refractivity contribution in [2.45, 2.75) is 6.54 Å². The lowest BCUT2D eigenvalue weighted by atomic mass is 10.5. The molecule has 0 saturated carbocycles. The average molecular weight is 156 g/mol. The van der Waals surface area contributed by atoms with Gasteiger partial charge >= 0.3 is 0 Å². The second kappa shape index (κ2) is 4.14. The largest absolute Gasteiger partial charge is 0.305 e. The van der Waals surface area contributed by atoms with Crippen LogP contribution in [0.5, 0.6) is 0 Å². The summed E-state index contributed by atoms with van der Waals surface area (Å²) in [6.07, 6.45) is 2.64. The highest BCUT2D eigenvalue weighted by atomic mass is 32.1. The second-order valence-corrected chi connectivity index (χ2v) is 2.74. The van der Waals surface area contributed by atoms with E-state index in [4.69, 9.17) is 0 Å². The van der Waals surface area contributed by atoms with Crippen LogP contribution < -0.4 is 5.32 Å². The fourth-order valence-electron chi connectivity index (χ4n) is 0.584. The molecule has 0 atom stereocenters. The summed E-state index contributed by atoms with van der Waals surface area (Å²) in [5, 5.41) is 2.94. The summed E-state index contributed by atoms with van der Waals surface area (Å²) in [7, 11) is 0. The Labute approximate surface area is 63.1 Å². The number of carbonyl (C=O) groups excluding carboxylic acids is 1. The van der Waals surface area contributed by atoms with Crippen molar-refractivity contribution >= 4 is 17.6 Å². The number of thiazole rings is 1. The number of nitrogens with zero attached hydrogens (tertiary/aromatic N) is 1. The molecule has 0 spiro atoms. The van der Waals surface area contributed by atoms with Crippen molar-refractivity contribution in [2.24, 2.45) is 0 Å². The lowest BCUT2D eigenvalue weighted by Crippen LogP contribution is -2.14. The lowest BCUT2D eigenvalue weighted by molar-refractivity contribution is -0.107. The molecule has 0 aliphatic rings. The fourth-order valence-corrected chi connectivity index (χ4v) is 1.15. The van der Waals surface area contributed by atoms with Gasteiger partial charge in [0.2, 0.25) is 0 Å². The molecule has 4 heteroatoms. The monoisotopic (exact) mass is 156 g/mol. The average Bonchev–Trinajstić information content (AvgIpc) is 2.41. The van der Waals surface area contributed by atoms with Gasteiger partial charge in [-0.3, -0.25) is 4.98 Å². The first-order chi connectivity index (χ1) is 4.93. The highest BCUT2D eigenvalue weighted by molar-refractivity contribution is 7.09. The van der Waals surface area contributed by atoms with Crippen molar-refractivity contribution in [1.82, 2.24) is 10.3 Å².